The zero-order chi connectivity index (χ0) is 34.9. The fourth-order valence-electron chi connectivity index (χ4n) is 6.97. The van der Waals surface area contributed by atoms with Gasteiger partial charge in [-0.1, -0.05) is 205 Å². The number of ether oxygens (including phenoxy) is 2. The number of rotatable bonds is 35. The van der Waals surface area contributed by atoms with Gasteiger partial charge >= 0.3 is 0 Å². The van der Waals surface area contributed by atoms with Gasteiger partial charge in [0.15, 0.2) is 9.76 Å². The molecule has 49 heavy (non-hydrogen) atoms. The molecule has 0 radical (unpaired) electrons. The molecule has 0 bridgehead atoms. The van der Waals surface area contributed by atoms with Gasteiger partial charge in [-0.2, -0.15) is 0 Å². The monoisotopic (exact) mass is 695 g/mol. The van der Waals surface area contributed by atoms with Crippen LogP contribution in [0.5, 0.6) is 11.5 Å². The van der Waals surface area contributed by atoms with E-state index >= 15 is 0 Å². The summed E-state index contributed by atoms with van der Waals surface area (Å²) in [5.41, 5.74) is 2.45. The van der Waals surface area contributed by atoms with Crippen molar-refractivity contribution in [2.45, 2.75) is 199 Å². The van der Waals surface area contributed by atoms with E-state index in [2.05, 4.69) is 62.4 Å². The van der Waals surface area contributed by atoms with E-state index in [1.165, 1.54) is 178 Å². The Bertz CT molecular complexity index is 883. The highest BCUT2D eigenvalue weighted by atomic mass is 28.2. The summed E-state index contributed by atoms with van der Waals surface area (Å²) in [4.78, 5) is 10.4. The largest absolute Gasteiger partial charge is 0.494 e. The van der Waals surface area contributed by atoms with Crippen molar-refractivity contribution >= 4 is 9.76 Å². The second-order valence-corrected chi connectivity index (χ2v) is 15.9. The Balaban J connectivity index is 1.48. The molecule has 280 valence electrons. The minimum absolute atomic E-state index is 0.0969. The average Bonchev–Trinajstić information content (AvgIpc) is 3.13. The quantitative estimate of drug-likeness (QED) is 0.0576. The summed E-state index contributed by atoms with van der Waals surface area (Å²) in [5.74, 6) is 1.87. The molecule has 0 fully saturated rings. The van der Waals surface area contributed by atoms with Crippen LogP contribution in [0.1, 0.15) is 210 Å². The van der Waals surface area contributed by atoms with E-state index in [0.29, 0.717) is 0 Å². The van der Waals surface area contributed by atoms with Gasteiger partial charge in [-0.05, 0) is 48.2 Å². The summed E-state index contributed by atoms with van der Waals surface area (Å²) in [6, 6.07) is 16.8. The van der Waals surface area contributed by atoms with Crippen LogP contribution in [0, 0.1) is 0 Å². The summed E-state index contributed by atoms with van der Waals surface area (Å²) < 4.78 is 12.1. The molecule has 4 heteroatoms. The molecular weight excluding hydrogens is 617 g/mol. The molecule has 0 aromatic heterocycles. The Morgan fingerprint density at radius 2 is 0.633 bits per heavy atom. The van der Waals surface area contributed by atoms with Gasteiger partial charge in [-0.25, -0.2) is 0 Å². The van der Waals surface area contributed by atoms with E-state index in [1.807, 2.05) is 0 Å². The third kappa shape index (κ3) is 23.3. The molecule has 0 amide bonds. The summed E-state index contributed by atoms with van der Waals surface area (Å²) in [6.45, 7) is 6.16. The first-order valence-electron chi connectivity index (χ1n) is 21.3. The highest BCUT2D eigenvalue weighted by Crippen LogP contribution is 2.27. The van der Waals surface area contributed by atoms with Crippen LogP contribution in [0.25, 0.3) is 0 Å². The fraction of sp³-hybridized carbons (Fsp3) is 0.733. The predicted octanol–water partition coefficient (Wildman–Crippen LogP) is 13.6. The summed E-state index contributed by atoms with van der Waals surface area (Å²) in [6.07, 6.45) is 38.5. The van der Waals surface area contributed by atoms with Crippen molar-refractivity contribution < 1.29 is 14.3 Å². The first kappa shape index (κ1) is 43.4. The zero-order valence-electron chi connectivity index (χ0n) is 32.4. The second kappa shape index (κ2) is 32.1. The van der Waals surface area contributed by atoms with E-state index in [9.17, 15) is 4.80 Å². The minimum atomic E-state index is -1.26. The molecule has 0 aliphatic carbocycles. The van der Waals surface area contributed by atoms with Crippen LogP contribution in [-0.2, 0) is 0 Å². The van der Waals surface area contributed by atoms with Crippen molar-refractivity contribution in [1.29, 1.82) is 0 Å². The van der Waals surface area contributed by atoms with Crippen molar-refractivity contribution in [3.8, 4) is 11.5 Å². The standard InChI is InChI=1S/C45H78O3Si/c1-3-5-7-9-11-13-15-17-19-21-23-25-27-29-39-47-43-35-31-41(32-36-43)45(49-46)42-33-37-44(38-34-42)48-40-30-28-26-24-22-20-18-16-14-12-10-8-6-4-2/h31-38,45-46H,3-30,39-40,49H2,1-2H3. The van der Waals surface area contributed by atoms with E-state index < -0.39 is 9.76 Å². The molecule has 0 atom stereocenters. The third-order valence-corrected chi connectivity index (χ3v) is 11.6. The molecule has 2 aromatic carbocycles. The van der Waals surface area contributed by atoms with E-state index in [-0.39, 0.29) is 5.54 Å². The molecule has 2 aromatic rings. The van der Waals surface area contributed by atoms with Crippen LogP contribution in [0.4, 0.5) is 0 Å². The lowest BCUT2D eigenvalue weighted by Gasteiger charge is -2.16. The molecular formula is C45H78O3Si. The van der Waals surface area contributed by atoms with Gasteiger partial charge in [-0.15, -0.1) is 0 Å². The van der Waals surface area contributed by atoms with Gasteiger partial charge < -0.3 is 14.3 Å². The normalized spacial score (nSPS) is 11.7. The average molecular weight is 695 g/mol. The van der Waals surface area contributed by atoms with E-state index in [1.54, 1.807) is 0 Å². The van der Waals surface area contributed by atoms with Crippen LogP contribution < -0.4 is 9.47 Å². The van der Waals surface area contributed by atoms with Crippen LogP contribution in [0.15, 0.2) is 48.5 Å². The maximum atomic E-state index is 10.4. The second-order valence-electron chi connectivity index (χ2n) is 14.8. The molecule has 0 aliphatic heterocycles. The van der Waals surface area contributed by atoms with Gasteiger partial charge in [0.1, 0.15) is 11.5 Å². The Hall–Kier alpha value is -1.78. The van der Waals surface area contributed by atoms with Gasteiger partial charge in [0.2, 0.25) is 0 Å². The maximum absolute atomic E-state index is 10.4. The molecule has 2 rings (SSSR count). The van der Waals surface area contributed by atoms with Crippen molar-refractivity contribution in [2.24, 2.45) is 0 Å². The highest BCUT2D eigenvalue weighted by molar-refractivity contribution is 6.29. The van der Waals surface area contributed by atoms with E-state index in [4.69, 9.17) is 9.47 Å². The minimum Gasteiger partial charge on any atom is -0.494 e. The Labute approximate surface area is 306 Å². The van der Waals surface area contributed by atoms with Crippen molar-refractivity contribution in [3.05, 3.63) is 59.7 Å². The zero-order valence-corrected chi connectivity index (χ0v) is 33.8. The lowest BCUT2D eigenvalue weighted by atomic mass is 10.0. The molecule has 0 saturated heterocycles. The van der Waals surface area contributed by atoms with Crippen molar-refractivity contribution in [3.63, 3.8) is 0 Å². The molecule has 0 heterocycles. The maximum Gasteiger partial charge on any atom is 0.168 e. The third-order valence-electron chi connectivity index (χ3n) is 10.3. The lowest BCUT2D eigenvalue weighted by Crippen LogP contribution is -2.09. The molecule has 0 aliphatic rings. The smallest absolute Gasteiger partial charge is 0.168 e. The first-order chi connectivity index (χ1) is 24.3. The van der Waals surface area contributed by atoms with Gasteiger partial charge in [0.25, 0.3) is 0 Å². The van der Waals surface area contributed by atoms with Crippen LogP contribution in [0.2, 0.25) is 0 Å². The number of benzene rings is 2. The SMILES string of the molecule is CCCCCCCCCCCCCCCCOc1ccc(C([SiH2]O)c2ccc(OCCCCCCCCCCCCCCCC)cc2)cc1. The summed E-state index contributed by atoms with van der Waals surface area (Å²) >= 11 is 0. The molecule has 0 unspecified atom stereocenters. The topological polar surface area (TPSA) is 38.7 Å². The molecule has 3 nitrogen and oxygen atoms in total. The molecule has 0 saturated carbocycles. The highest BCUT2D eigenvalue weighted by Gasteiger charge is 2.14. The van der Waals surface area contributed by atoms with Crippen LogP contribution in [-0.4, -0.2) is 27.8 Å². The van der Waals surface area contributed by atoms with Gasteiger partial charge in [0.05, 0.1) is 13.2 Å². The molecule has 1 N–H and O–H groups in total. The predicted molar refractivity (Wildman–Crippen MR) is 217 cm³/mol. The summed E-state index contributed by atoms with van der Waals surface area (Å²) in [5, 5.41) is 0. The van der Waals surface area contributed by atoms with Crippen molar-refractivity contribution in [1.82, 2.24) is 0 Å². The number of hydrogen-bond donors (Lipinski definition) is 1. The van der Waals surface area contributed by atoms with Crippen LogP contribution in [0.3, 0.4) is 0 Å². The van der Waals surface area contributed by atoms with Crippen LogP contribution >= 0.6 is 0 Å². The Morgan fingerprint density at radius 1 is 0.388 bits per heavy atom. The molecule has 0 spiro atoms. The first-order valence-corrected chi connectivity index (χ1v) is 22.8. The van der Waals surface area contributed by atoms with Gasteiger partial charge in [-0.3, -0.25) is 0 Å². The number of unbranched alkanes of at least 4 members (excludes halogenated alkanes) is 26. The lowest BCUT2D eigenvalue weighted by molar-refractivity contribution is 0.304. The Kier molecular flexibility index (Phi) is 28.5. The van der Waals surface area contributed by atoms with Gasteiger partial charge in [0, 0.05) is 5.54 Å². The van der Waals surface area contributed by atoms with Crippen molar-refractivity contribution in [2.75, 3.05) is 13.2 Å². The summed E-state index contributed by atoms with van der Waals surface area (Å²) in [7, 11) is -1.26. The fourth-order valence-corrected chi connectivity index (χ4v) is 7.94. The number of hydrogen-bond acceptors (Lipinski definition) is 3. The van der Waals surface area contributed by atoms with E-state index in [0.717, 1.165) is 37.6 Å². The Morgan fingerprint density at radius 3 is 0.878 bits per heavy atom.